The monoisotopic (exact) mass is 581 g/mol. The average Bonchev–Trinajstić information content (AvgIpc) is 3.66. The number of ether oxygens (including phenoxy) is 1. The largest absolute Gasteiger partial charge is 0.405 e. The maximum absolute atomic E-state index is 13.7. The van der Waals surface area contributed by atoms with E-state index in [1.165, 1.54) is 61.2 Å². The Hall–Kier alpha value is -2.86. The summed E-state index contributed by atoms with van der Waals surface area (Å²) in [7, 11) is 2.05. The molecule has 5 rings (SSSR count). The van der Waals surface area contributed by atoms with E-state index in [4.69, 9.17) is 4.74 Å². The Morgan fingerprint density at radius 1 is 1.19 bits per heavy atom. The SMILES string of the molecule is C=C1c2cc(N3CC4CC3CO4)c(/C=C/C=C\C(=C/CC)C(C)(F)F)cc2CN1C.C=CN.CC(C)C1CCCCC1. The predicted octanol–water partition coefficient (Wildman–Crippen LogP) is 8.95. The number of nitrogens with two attached hydrogens (primary N) is 1. The number of anilines is 1. The lowest BCUT2D eigenvalue weighted by Crippen LogP contribution is -2.37. The Labute approximate surface area is 253 Å². The molecule has 0 aromatic heterocycles. The van der Waals surface area contributed by atoms with Crippen molar-refractivity contribution in [2.45, 2.75) is 97.3 Å². The van der Waals surface area contributed by atoms with Gasteiger partial charge in [-0.25, -0.2) is 8.78 Å². The highest BCUT2D eigenvalue weighted by molar-refractivity contribution is 5.79. The van der Waals surface area contributed by atoms with Crippen LogP contribution < -0.4 is 10.6 Å². The second kappa shape index (κ2) is 15.6. The van der Waals surface area contributed by atoms with Gasteiger partial charge in [0.1, 0.15) is 0 Å². The van der Waals surface area contributed by atoms with E-state index in [0.29, 0.717) is 18.6 Å². The minimum Gasteiger partial charge on any atom is -0.405 e. The van der Waals surface area contributed by atoms with Crippen LogP contribution in [0.3, 0.4) is 0 Å². The quantitative estimate of drug-likeness (QED) is 0.326. The van der Waals surface area contributed by atoms with Gasteiger partial charge in [-0.15, -0.1) is 0 Å². The molecule has 1 aromatic carbocycles. The fraction of sp³-hybridized carbons (Fsp3) is 0.556. The summed E-state index contributed by atoms with van der Waals surface area (Å²) < 4.78 is 33.2. The molecule has 42 heavy (non-hydrogen) atoms. The first-order chi connectivity index (χ1) is 20.0. The summed E-state index contributed by atoms with van der Waals surface area (Å²) in [5, 5.41) is 0. The van der Waals surface area contributed by atoms with Crippen LogP contribution in [0.15, 0.2) is 61.4 Å². The van der Waals surface area contributed by atoms with Crippen LogP contribution in [0.4, 0.5) is 14.5 Å². The lowest BCUT2D eigenvalue weighted by Gasteiger charge is -2.31. The number of fused-ring (bicyclic) bond motifs is 3. The number of allylic oxidation sites excluding steroid dienone is 5. The summed E-state index contributed by atoms with van der Waals surface area (Å²) in [6.07, 6.45) is 19.3. The van der Waals surface area contributed by atoms with Gasteiger partial charge in [0.05, 0.1) is 18.8 Å². The zero-order valence-corrected chi connectivity index (χ0v) is 26.5. The molecule has 2 unspecified atom stereocenters. The van der Waals surface area contributed by atoms with Gasteiger partial charge in [-0.2, -0.15) is 0 Å². The molecule has 1 aromatic rings. The van der Waals surface area contributed by atoms with Crippen LogP contribution >= 0.6 is 0 Å². The Morgan fingerprint density at radius 2 is 1.88 bits per heavy atom. The molecule has 0 radical (unpaired) electrons. The Morgan fingerprint density at radius 3 is 2.40 bits per heavy atom. The molecule has 0 spiro atoms. The second-order valence-corrected chi connectivity index (χ2v) is 12.4. The van der Waals surface area contributed by atoms with Crippen LogP contribution in [-0.2, 0) is 11.3 Å². The van der Waals surface area contributed by atoms with Gasteiger partial charge in [0.25, 0.3) is 5.92 Å². The van der Waals surface area contributed by atoms with Crippen molar-refractivity contribution in [1.82, 2.24) is 4.90 Å². The normalized spacial score (nSPS) is 22.5. The molecule has 2 atom stereocenters. The van der Waals surface area contributed by atoms with E-state index in [1.54, 1.807) is 12.2 Å². The summed E-state index contributed by atoms with van der Waals surface area (Å²) >= 11 is 0. The highest BCUT2D eigenvalue weighted by atomic mass is 19.3. The van der Waals surface area contributed by atoms with Crippen molar-refractivity contribution >= 4 is 17.5 Å². The van der Waals surface area contributed by atoms with Crippen LogP contribution in [-0.4, -0.2) is 43.2 Å². The smallest absolute Gasteiger partial charge is 0.270 e. The molecule has 3 heterocycles. The van der Waals surface area contributed by atoms with Crippen molar-refractivity contribution in [3.63, 3.8) is 0 Å². The van der Waals surface area contributed by atoms with Crippen LogP contribution in [0.2, 0.25) is 0 Å². The number of nitrogens with zero attached hydrogens (tertiary/aromatic N) is 2. The van der Waals surface area contributed by atoms with Crippen molar-refractivity contribution < 1.29 is 13.5 Å². The van der Waals surface area contributed by atoms with Crippen molar-refractivity contribution in [3.8, 4) is 0 Å². The summed E-state index contributed by atoms with van der Waals surface area (Å²) in [5.74, 6) is -0.845. The van der Waals surface area contributed by atoms with Gasteiger partial charge in [-0.1, -0.05) is 96.4 Å². The van der Waals surface area contributed by atoms with E-state index >= 15 is 0 Å². The first kappa shape index (κ1) is 33.6. The van der Waals surface area contributed by atoms with Crippen molar-refractivity contribution in [2.24, 2.45) is 17.6 Å². The van der Waals surface area contributed by atoms with Crippen molar-refractivity contribution in [3.05, 3.63) is 78.1 Å². The molecule has 3 aliphatic heterocycles. The Kier molecular flexibility index (Phi) is 12.5. The summed E-state index contributed by atoms with van der Waals surface area (Å²) in [4.78, 5) is 4.60. The molecule has 1 aliphatic carbocycles. The molecule has 2 bridgehead atoms. The number of hydrogen-bond acceptors (Lipinski definition) is 4. The third-order valence-corrected chi connectivity index (χ3v) is 8.83. The fourth-order valence-corrected chi connectivity index (χ4v) is 6.42. The summed E-state index contributed by atoms with van der Waals surface area (Å²) in [6, 6.07) is 4.86. The van der Waals surface area contributed by atoms with Gasteiger partial charge in [-0.05, 0) is 54.1 Å². The Bertz CT molecular complexity index is 1140. The van der Waals surface area contributed by atoms with Crippen LogP contribution in [0.25, 0.3) is 11.8 Å². The van der Waals surface area contributed by atoms with Crippen LogP contribution in [0.1, 0.15) is 89.3 Å². The highest BCUT2D eigenvalue weighted by Gasteiger charge is 2.40. The molecule has 232 valence electrons. The highest BCUT2D eigenvalue weighted by Crippen LogP contribution is 2.40. The predicted molar refractivity (Wildman–Crippen MR) is 175 cm³/mol. The molecule has 3 fully saturated rings. The van der Waals surface area contributed by atoms with E-state index in [2.05, 4.69) is 61.7 Å². The first-order valence-corrected chi connectivity index (χ1v) is 15.7. The van der Waals surface area contributed by atoms with Gasteiger partial charge in [0.2, 0.25) is 0 Å². The van der Waals surface area contributed by atoms with Gasteiger partial charge in [0, 0.05) is 49.6 Å². The number of alkyl halides is 2. The third kappa shape index (κ3) is 8.82. The minimum absolute atomic E-state index is 0.0516. The topological polar surface area (TPSA) is 41.7 Å². The van der Waals surface area contributed by atoms with Crippen molar-refractivity contribution in [1.29, 1.82) is 0 Å². The molecular formula is C36H53F2N3O. The molecule has 4 aliphatic rings. The first-order valence-electron chi connectivity index (χ1n) is 15.7. The number of rotatable bonds is 7. The van der Waals surface area contributed by atoms with Crippen LogP contribution in [0.5, 0.6) is 0 Å². The average molecular weight is 582 g/mol. The zero-order valence-electron chi connectivity index (χ0n) is 26.5. The molecule has 2 saturated heterocycles. The van der Waals surface area contributed by atoms with E-state index in [1.807, 2.05) is 19.1 Å². The maximum atomic E-state index is 13.7. The molecule has 1 saturated carbocycles. The standard InChI is InChI=1S/C25H30F2N2O.C9H18.C2H5N/c1-5-8-20(25(3,26)27)10-7-6-9-18-11-19-14-28(4)17(2)23(19)13-24(18)29-15-22-12-21(29)16-30-22;1-8(2)9-6-4-3-5-7-9;1-2-3/h6-11,13,21-22H,2,5,12,14-16H2,1,3-4H3;8-9H,3-7H2,1-2H3;2H,1,3H2/b9-6+,10-7-,20-8+;;. The van der Waals surface area contributed by atoms with Crippen LogP contribution in [0, 0.1) is 11.8 Å². The number of benzene rings is 1. The molecule has 4 nitrogen and oxygen atoms in total. The maximum Gasteiger partial charge on any atom is 0.270 e. The van der Waals surface area contributed by atoms with Gasteiger partial charge in [0.15, 0.2) is 0 Å². The Balaban J connectivity index is 0.000000338. The third-order valence-electron chi connectivity index (χ3n) is 8.83. The molecule has 6 heteroatoms. The number of halogens is 2. The van der Waals surface area contributed by atoms with Crippen molar-refractivity contribution in [2.75, 3.05) is 25.1 Å². The number of morpholine rings is 1. The van der Waals surface area contributed by atoms with E-state index in [0.717, 1.165) is 56.1 Å². The minimum atomic E-state index is -2.83. The van der Waals surface area contributed by atoms with E-state index in [-0.39, 0.29) is 5.57 Å². The van der Waals surface area contributed by atoms with Gasteiger partial charge >= 0.3 is 0 Å². The molecular weight excluding hydrogens is 528 g/mol. The summed E-state index contributed by atoms with van der Waals surface area (Å²) in [5.41, 5.74) is 10.4. The number of hydrogen-bond donors (Lipinski definition) is 1. The molecule has 0 amide bonds. The van der Waals surface area contributed by atoms with Gasteiger partial charge in [-0.3, -0.25) is 0 Å². The summed E-state index contributed by atoms with van der Waals surface area (Å²) in [6.45, 7) is 17.4. The van der Waals surface area contributed by atoms with E-state index in [9.17, 15) is 8.78 Å². The molecule has 2 N–H and O–H groups in total. The zero-order chi connectivity index (χ0) is 30.9. The lowest BCUT2D eigenvalue weighted by molar-refractivity contribution is 0.0671. The van der Waals surface area contributed by atoms with E-state index < -0.39 is 5.92 Å². The fourth-order valence-electron chi connectivity index (χ4n) is 6.42. The van der Waals surface area contributed by atoms with Gasteiger partial charge < -0.3 is 20.3 Å². The second-order valence-electron chi connectivity index (χ2n) is 12.4. The lowest BCUT2D eigenvalue weighted by atomic mass is 9.82.